The first-order valence-corrected chi connectivity index (χ1v) is 6.83. The lowest BCUT2D eigenvalue weighted by atomic mass is 9.95. The van der Waals surface area contributed by atoms with Crippen molar-refractivity contribution < 1.29 is 4.79 Å². The zero-order valence-corrected chi connectivity index (χ0v) is 11.8. The van der Waals surface area contributed by atoms with Crippen LogP contribution in [0, 0.1) is 6.92 Å². The average molecular weight is 252 g/mol. The van der Waals surface area contributed by atoms with Crippen LogP contribution in [0.5, 0.6) is 0 Å². The van der Waals surface area contributed by atoms with Crippen molar-refractivity contribution in [1.29, 1.82) is 0 Å². The SMILES string of the molecule is CC[C@@H](C)c1ccc(C(=O)c2ccc(C)cc2)cc1. The van der Waals surface area contributed by atoms with Crippen molar-refractivity contribution in [3.63, 3.8) is 0 Å². The molecule has 2 rings (SSSR count). The second-order valence-electron chi connectivity index (χ2n) is 5.13. The summed E-state index contributed by atoms with van der Waals surface area (Å²) in [5.41, 5.74) is 3.98. The first kappa shape index (κ1) is 13.5. The highest BCUT2D eigenvalue weighted by Gasteiger charge is 2.09. The molecular weight excluding hydrogens is 232 g/mol. The van der Waals surface area contributed by atoms with Crippen molar-refractivity contribution in [2.45, 2.75) is 33.1 Å². The second-order valence-corrected chi connectivity index (χ2v) is 5.13. The molecule has 0 unspecified atom stereocenters. The lowest BCUT2D eigenvalue weighted by Gasteiger charge is -2.09. The lowest BCUT2D eigenvalue weighted by molar-refractivity contribution is 0.103. The van der Waals surface area contributed by atoms with E-state index in [1.54, 1.807) is 0 Å². The van der Waals surface area contributed by atoms with Crippen molar-refractivity contribution in [2.24, 2.45) is 0 Å². The number of hydrogen-bond acceptors (Lipinski definition) is 1. The van der Waals surface area contributed by atoms with Crippen LogP contribution in [0.4, 0.5) is 0 Å². The summed E-state index contributed by atoms with van der Waals surface area (Å²) >= 11 is 0. The highest BCUT2D eigenvalue weighted by Crippen LogP contribution is 2.20. The van der Waals surface area contributed by atoms with Crippen molar-refractivity contribution in [1.82, 2.24) is 0 Å². The minimum Gasteiger partial charge on any atom is -0.289 e. The largest absolute Gasteiger partial charge is 0.289 e. The van der Waals surface area contributed by atoms with Crippen LogP contribution >= 0.6 is 0 Å². The fourth-order valence-electron chi connectivity index (χ4n) is 2.07. The van der Waals surface area contributed by atoms with Gasteiger partial charge >= 0.3 is 0 Å². The molecule has 1 atom stereocenters. The van der Waals surface area contributed by atoms with Gasteiger partial charge in [-0.15, -0.1) is 0 Å². The molecule has 0 aliphatic rings. The smallest absolute Gasteiger partial charge is 0.193 e. The van der Waals surface area contributed by atoms with E-state index in [4.69, 9.17) is 0 Å². The number of aryl methyl sites for hydroxylation is 1. The van der Waals surface area contributed by atoms with Gasteiger partial charge in [0.15, 0.2) is 5.78 Å². The van der Waals surface area contributed by atoms with Crippen LogP contribution in [0.25, 0.3) is 0 Å². The molecule has 19 heavy (non-hydrogen) atoms. The molecule has 0 heterocycles. The van der Waals surface area contributed by atoms with Crippen molar-refractivity contribution in [3.05, 3.63) is 70.8 Å². The molecule has 0 aliphatic carbocycles. The van der Waals surface area contributed by atoms with Crippen molar-refractivity contribution in [2.75, 3.05) is 0 Å². The van der Waals surface area contributed by atoms with Crippen LogP contribution in [0.1, 0.15) is 53.2 Å². The maximum Gasteiger partial charge on any atom is 0.193 e. The molecule has 0 spiro atoms. The minimum atomic E-state index is 0.0932. The van der Waals surface area contributed by atoms with Gasteiger partial charge in [0.05, 0.1) is 0 Å². The highest BCUT2D eigenvalue weighted by atomic mass is 16.1. The summed E-state index contributed by atoms with van der Waals surface area (Å²) < 4.78 is 0. The third-order valence-corrected chi connectivity index (χ3v) is 3.67. The Morgan fingerprint density at radius 2 is 1.42 bits per heavy atom. The van der Waals surface area contributed by atoms with E-state index >= 15 is 0 Å². The topological polar surface area (TPSA) is 17.1 Å². The first-order valence-electron chi connectivity index (χ1n) is 6.83. The van der Waals surface area contributed by atoms with E-state index in [-0.39, 0.29) is 5.78 Å². The molecule has 0 saturated heterocycles. The summed E-state index contributed by atoms with van der Waals surface area (Å²) in [5, 5.41) is 0. The van der Waals surface area contributed by atoms with E-state index in [9.17, 15) is 4.79 Å². The molecule has 98 valence electrons. The Kier molecular flexibility index (Phi) is 4.16. The molecule has 0 N–H and O–H groups in total. The Morgan fingerprint density at radius 3 is 1.89 bits per heavy atom. The van der Waals surface area contributed by atoms with Gasteiger partial charge in [-0.25, -0.2) is 0 Å². The summed E-state index contributed by atoms with van der Waals surface area (Å²) in [6.45, 7) is 6.40. The monoisotopic (exact) mass is 252 g/mol. The average Bonchev–Trinajstić information content (AvgIpc) is 2.46. The quantitative estimate of drug-likeness (QED) is 0.718. The molecule has 0 saturated carbocycles. The Balaban J connectivity index is 2.22. The summed E-state index contributed by atoms with van der Waals surface area (Å²) in [4.78, 5) is 12.3. The van der Waals surface area contributed by atoms with E-state index in [2.05, 4.69) is 26.0 Å². The minimum absolute atomic E-state index is 0.0932. The Labute approximate surface area is 115 Å². The fraction of sp³-hybridized carbons (Fsp3) is 0.278. The van der Waals surface area contributed by atoms with Crippen LogP contribution in [-0.2, 0) is 0 Å². The maximum atomic E-state index is 12.3. The number of carbonyl (C=O) groups is 1. The maximum absolute atomic E-state index is 12.3. The Morgan fingerprint density at radius 1 is 0.947 bits per heavy atom. The molecule has 1 heteroatoms. The van der Waals surface area contributed by atoms with Gasteiger partial charge in [0, 0.05) is 11.1 Å². The number of rotatable bonds is 4. The third kappa shape index (κ3) is 3.11. The molecule has 0 fully saturated rings. The summed E-state index contributed by atoms with van der Waals surface area (Å²) in [6, 6.07) is 15.7. The fourth-order valence-corrected chi connectivity index (χ4v) is 2.07. The van der Waals surface area contributed by atoms with Gasteiger partial charge in [0.25, 0.3) is 0 Å². The van der Waals surface area contributed by atoms with E-state index in [0.717, 1.165) is 17.5 Å². The molecule has 2 aromatic carbocycles. The summed E-state index contributed by atoms with van der Waals surface area (Å²) in [7, 11) is 0. The lowest BCUT2D eigenvalue weighted by Crippen LogP contribution is -2.01. The highest BCUT2D eigenvalue weighted by molar-refractivity contribution is 6.08. The number of hydrogen-bond donors (Lipinski definition) is 0. The predicted molar refractivity (Wildman–Crippen MR) is 79.8 cm³/mol. The molecule has 0 radical (unpaired) electrons. The Hall–Kier alpha value is -1.89. The normalized spacial score (nSPS) is 12.2. The second kappa shape index (κ2) is 5.83. The molecule has 0 amide bonds. The first-order chi connectivity index (χ1) is 9.11. The van der Waals surface area contributed by atoms with Gasteiger partial charge in [-0.2, -0.15) is 0 Å². The van der Waals surface area contributed by atoms with E-state index in [0.29, 0.717) is 5.92 Å². The van der Waals surface area contributed by atoms with Gasteiger partial charge in [-0.1, -0.05) is 67.9 Å². The van der Waals surface area contributed by atoms with Crippen molar-refractivity contribution >= 4 is 5.78 Å². The van der Waals surface area contributed by atoms with Crippen LogP contribution in [-0.4, -0.2) is 5.78 Å². The van der Waals surface area contributed by atoms with Gasteiger partial charge in [-0.05, 0) is 24.8 Å². The van der Waals surface area contributed by atoms with E-state index in [1.165, 1.54) is 11.1 Å². The molecule has 1 nitrogen and oxygen atoms in total. The summed E-state index contributed by atoms with van der Waals surface area (Å²) in [6.07, 6.45) is 1.12. The van der Waals surface area contributed by atoms with Gasteiger partial charge in [0.1, 0.15) is 0 Å². The van der Waals surface area contributed by atoms with Gasteiger partial charge < -0.3 is 0 Å². The molecule has 0 bridgehead atoms. The molecule has 2 aromatic rings. The van der Waals surface area contributed by atoms with Crippen LogP contribution in [0.3, 0.4) is 0 Å². The standard InChI is InChI=1S/C18H20O/c1-4-14(3)15-9-11-17(12-10-15)18(19)16-7-5-13(2)6-8-16/h5-12,14H,4H2,1-3H3/t14-/m1/s1. The van der Waals surface area contributed by atoms with Gasteiger partial charge in [0.2, 0.25) is 0 Å². The summed E-state index contributed by atoms with van der Waals surface area (Å²) in [5.74, 6) is 0.638. The zero-order chi connectivity index (χ0) is 13.8. The zero-order valence-electron chi connectivity index (χ0n) is 11.8. The van der Waals surface area contributed by atoms with Crippen LogP contribution in [0.2, 0.25) is 0 Å². The Bertz CT molecular complexity index is 549. The molecular formula is C18H20O. The van der Waals surface area contributed by atoms with E-state index in [1.807, 2.05) is 43.3 Å². The van der Waals surface area contributed by atoms with Crippen LogP contribution < -0.4 is 0 Å². The third-order valence-electron chi connectivity index (χ3n) is 3.67. The number of ketones is 1. The molecule has 0 aliphatic heterocycles. The van der Waals surface area contributed by atoms with Crippen LogP contribution in [0.15, 0.2) is 48.5 Å². The van der Waals surface area contributed by atoms with E-state index < -0.39 is 0 Å². The number of benzene rings is 2. The molecule has 0 aromatic heterocycles. The van der Waals surface area contributed by atoms with Gasteiger partial charge in [-0.3, -0.25) is 4.79 Å². The van der Waals surface area contributed by atoms with Crippen molar-refractivity contribution in [3.8, 4) is 0 Å². The predicted octanol–water partition coefficient (Wildman–Crippen LogP) is 4.74. The number of carbonyl (C=O) groups excluding carboxylic acids is 1.